The maximum absolute atomic E-state index is 12.0. The van der Waals surface area contributed by atoms with E-state index in [9.17, 15) is 4.79 Å². The Balaban J connectivity index is 1.81. The van der Waals surface area contributed by atoms with Gasteiger partial charge < -0.3 is 5.32 Å². The fraction of sp³-hybridized carbons (Fsp3) is 0.462. The molecule has 0 fully saturated rings. The van der Waals surface area contributed by atoms with Crippen molar-refractivity contribution in [3.05, 3.63) is 34.8 Å². The molecule has 0 bridgehead atoms. The predicted octanol–water partition coefficient (Wildman–Crippen LogP) is 1.81. The van der Waals surface area contributed by atoms with Gasteiger partial charge in [0.2, 0.25) is 5.91 Å². The fourth-order valence-electron chi connectivity index (χ4n) is 1.84. The summed E-state index contributed by atoms with van der Waals surface area (Å²) < 4.78 is 4.51. The molecule has 0 aromatic carbocycles. The highest BCUT2D eigenvalue weighted by Gasteiger charge is 2.14. The zero-order valence-corrected chi connectivity index (χ0v) is 13.2. The largest absolute Gasteiger partial charge is 0.352 e. The number of rotatable bonds is 6. The average molecular weight is 340 g/mol. The fourth-order valence-corrected chi connectivity index (χ4v) is 2.16. The van der Waals surface area contributed by atoms with E-state index in [2.05, 4.69) is 31.4 Å². The summed E-state index contributed by atoms with van der Waals surface area (Å²) in [5, 5.41) is 11.2. The second kappa shape index (κ2) is 6.69. The third kappa shape index (κ3) is 3.93. The molecule has 0 spiro atoms. The highest BCUT2D eigenvalue weighted by atomic mass is 79.9. The van der Waals surface area contributed by atoms with Crippen molar-refractivity contribution in [3.8, 4) is 0 Å². The molecular weight excluding hydrogens is 322 g/mol. The Morgan fingerprint density at radius 3 is 2.70 bits per heavy atom. The van der Waals surface area contributed by atoms with Crippen molar-refractivity contribution >= 4 is 21.8 Å². The highest BCUT2D eigenvalue weighted by molar-refractivity contribution is 9.10. The van der Waals surface area contributed by atoms with Crippen LogP contribution < -0.4 is 5.32 Å². The zero-order valence-electron chi connectivity index (χ0n) is 11.6. The molecule has 7 heteroatoms. The lowest BCUT2D eigenvalue weighted by molar-refractivity contribution is -0.125. The molecule has 1 N–H and O–H groups in total. The van der Waals surface area contributed by atoms with E-state index in [1.54, 1.807) is 17.1 Å². The van der Waals surface area contributed by atoms with Crippen LogP contribution in [0, 0.1) is 5.92 Å². The molecule has 2 aromatic rings. The zero-order chi connectivity index (χ0) is 14.5. The van der Waals surface area contributed by atoms with Crippen LogP contribution >= 0.6 is 15.9 Å². The quantitative estimate of drug-likeness (QED) is 0.872. The molecule has 0 saturated carbocycles. The number of nitrogens with zero attached hydrogens (tertiary/aromatic N) is 4. The Morgan fingerprint density at radius 1 is 1.35 bits per heavy atom. The number of nitrogens with one attached hydrogen (secondary N) is 1. The SMILES string of the molecule is CCn1cc(CNC(=O)C(C)Cn2cc(Br)cn2)cn1. The van der Waals surface area contributed by atoms with Crippen molar-refractivity contribution in [1.82, 2.24) is 24.9 Å². The maximum atomic E-state index is 12.0. The van der Waals surface area contributed by atoms with Crippen molar-refractivity contribution in [3.63, 3.8) is 0 Å². The van der Waals surface area contributed by atoms with Gasteiger partial charge in [0.25, 0.3) is 0 Å². The van der Waals surface area contributed by atoms with Gasteiger partial charge in [-0.05, 0) is 22.9 Å². The molecule has 0 aliphatic carbocycles. The Kier molecular flexibility index (Phi) is 4.94. The first kappa shape index (κ1) is 14.8. The number of aryl methyl sites for hydroxylation is 1. The van der Waals surface area contributed by atoms with Crippen LogP contribution in [0.4, 0.5) is 0 Å². The smallest absolute Gasteiger partial charge is 0.224 e. The van der Waals surface area contributed by atoms with Gasteiger partial charge in [-0.15, -0.1) is 0 Å². The molecule has 0 radical (unpaired) electrons. The van der Waals surface area contributed by atoms with Crippen molar-refractivity contribution in [1.29, 1.82) is 0 Å². The summed E-state index contributed by atoms with van der Waals surface area (Å²) in [4.78, 5) is 12.0. The van der Waals surface area contributed by atoms with Crippen LogP contribution in [0.15, 0.2) is 29.3 Å². The van der Waals surface area contributed by atoms with Crippen LogP contribution in [-0.2, 0) is 24.4 Å². The van der Waals surface area contributed by atoms with Gasteiger partial charge in [-0.2, -0.15) is 10.2 Å². The number of halogens is 1. The van der Waals surface area contributed by atoms with E-state index < -0.39 is 0 Å². The summed E-state index contributed by atoms with van der Waals surface area (Å²) in [6.45, 7) is 5.82. The monoisotopic (exact) mass is 339 g/mol. The first-order chi connectivity index (χ1) is 9.58. The number of hydrogen-bond donors (Lipinski definition) is 1. The van der Waals surface area contributed by atoms with Gasteiger partial charge in [0.15, 0.2) is 0 Å². The topological polar surface area (TPSA) is 64.7 Å². The molecule has 108 valence electrons. The van der Waals surface area contributed by atoms with Crippen molar-refractivity contribution in [2.24, 2.45) is 5.92 Å². The van der Waals surface area contributed by atoms with Crippen molar-refractivity contribution in [2.75, 3.05) is 0 Å². The molecule has 1 unspecified atom stereocenters. The summed E-state index contributed by atoms with van der Waals surface area (Å²) in [6, 6.07) is 0. The van der Waals surface area contributed by atoms with Crippen LogP contribution in [-0.4, -0.2) is 25.5 Å². The summed E-state index contributed by atoms with van der Waals surface area (Å²) in [6.07, 6.45) is 7.29. The Hall–Kier alpha value is -1.63. The van der Waals surface area contributed by atoms with Crippen molar-refractivity contribution in [2.45, 2.75) is 33.5 Å². The average Bonchev–Trinajstić information content (AvgIpc) is 3.04. The summed E-state index contributed by atoms with van der Waals surface area (Å²) in [5.41, 5.74) is 1.01. The summed E-state index contributed by atoms with van der Waals surface area (Å²) >= 11 is 3.34. The molecule has 1 atom stereocenters. The van der Waals surface area contributed by atoms with Crippen LogP contribution in [0.1, 0.15) is 19.4 Å². The van der Waals surface area contributed by atoms with Gasteiger partial charge in [-0.1, -0.05) is 6.92 Å². The van der Waals surface area contributed by atoms with Crippen LogP contribution in [0.3, 0.4) is 0 Å². The van der Waals surface area contributed by atoms with E-state index in [1.165, 1.54) is 0 Å². The van der Waals surface area contributed by atoms with Gasteiger partial charge in [0.05, 0.1) is 29.3 Å². The van der Waals surface area contributed by atoms with Gasteiger partial charge in [-0.25, -0.2) is 0 Å². The molecule has 0 saturated heterocycles. The van der Waals surface area contributed by atoms with Crippen LogP contribution in [0.5, 0.6) is 0 Å². The lowest BCUT2D eigenvalue weighted by Gasteiger charge is -2.11. The maximum Gasteiger partial charge on any atom is 0.224 e. The van der Waals surface area contributed by atoms with E-state index in [4.69, 9.17) is 0 Å². The van der Waals surface area contributed by atoms with Gasteiger partial charge in [-0.3, -0.25) is 14.2 Å². The van der Waals surface area contributed by atoms with Gasteiger partial charge in [0.1, 0.15) is 0 Å². The molecular formula is C13H18BrN5O. The second-order valence-electron chi connectivity index (χ2n) is 4.70. The minimum Gasteiger partial charge on any atom is -0.352 e. The molecule has 2 aromatic heterocycles. The lowest BCUT2D eigenvalue weighted by Crippen LogP contribution is -2.31. The second-order valence-corrected chi connectivity index (χ2v) is 5.62. The lowest BCUT2D eigenvalue weighted by atomic mass is 10.1. The minimum atomic E-state index is -0.136. The molecule has 20 heavy (non-hydrogen) atoms. The number of aromatic nitrogens is 4. The third-order valence-electron chi connectivity index (χ3n) is 2.99. The number of hydrogen-bond acceptors (Lipinski definition) is 3. The van der Waals surface area contributed by atoms with E-state index in [0.717, 1.165) is 16.6 Å². The Labute approximate surface area is 126 Å². The van der Waals surface area contributed by atoms with E-state index in [-0.39, 0.29) is 11.8 Å². The molecule has 1 amide bonds. The highest BCUT2D eigenvalue weighted by Crippen LogP contribution is 2.08. The Bertz CT molecular complexity index is 577. The molecule has 0 aliphatic rings. The summed E-state index contributed by atoms with van der Waals surface area (Å²) in [7, 11) is 0. The third-order valence-corrected chi connectivity index (χ3v) is 3.40. The molecule has 2 rings (SSSR count). The van der Waals surface area contributed by atoms with Crippen molar-refractivity contribution < 1.29 is 4.79 Å². The standard InChI is InChI=1S/C13H18BrN5O/c1-3-18-8-11(5-16-18)4-15-13(20)10(2)7-19-9-12(14)6-17-19/h5-6,8-10H,3-4,7H2,1-2H3,(H,15,20). The summed E-state index contributed by atoms with van der Waals surface area (Å²) in [5.74, 6) is -0.121. The predicted molar refractivity (Wildman–Crippen MR) is 78.8 cm³/mol. The van der Waals surface area contributed by atoms with Crippen LogP contribution in [0.2, 0.25) is 0 Å². The normalized spacial score (nSPS) is 12.3. The molecule has 2 heterocycles. The van der Waals surface area contributed by atoms with Gasteiger partial charge >= 0.3 is 0 Å². The number of amides is 1. The number of carbonyl (C=O) groups excluding carboxylic acids is 1. The van der Waals surface area contributed by atoms with Crippen LogP contribution in [0.25, 0.3) is 0 Å². The molecule has 6 nitrogen and oxygen atoms in total. The Morgan fingerprint density at radius 2 is 2.10 bits per heavy atom. The van der Waals surface area contributed by atoms with E-state index in [1.807, 2.05) is 30.9 Å². The van der Waals surface area contributed by atoms with E-state index >= 15 is 0 Å². The minimum absolute atomic E-state index is 0.0147. The first-order valence-corrected chi connectivity index (χ1v) is 7.34. The number of carbonyl (C=O) groups is 1. The van der Waals surface area contributed by atoms with Gasteiger partial charge in [0, 0.05) is 31.0 Å². The molecule has 0 aliphatic heterocycles. The first-order valence-electron chi connectivity index (χ1n) is 6.55. The van der Waals surface area contributed by atoms with E-state index in [0.29, 0.717) is 13.1 Å².